The molecule has 0 bridgehead atoms. The Bertz CT molecular complexity index is 3250. The third-order valence-electron chi connectivity index (χ3n) is 12.5. The summed E-state index contributed by atoms with van der Waals surface area (Å²) >= 11 is 0. The van der Waals surface area contributed by atoms with Crippen LogP contribution >= 0.6 is 0 Å². The lowest BCUT2D eigenvalue weighted by molar-refractivity contribution is -0.384. The summed E-state index contributed by atoms with van der Waals surface area (Å²) in [5.74, 6) is -0.181. The predicted octanol–water partition coefficient (Wildman–Crippen LogP) is 11.4. The van der Waals surface area contributed by atoms with Gasteiger partial charge in [0.15, 0.2) is 17.7 Å². The Balaban J connectivity index is 0.859. The molecule has 21 heteroatoms. The molecule has 2 aromatic heterocycles. The molecule has 0 amide bonds. The van der Waals surface area contributed by atoms with E-state index in [0.29, 0.717) is 82.9 Å². The first-order chi connectivity index (χ1) is 34.4. The van der Waals surface area contributed by atoms with E-state index < -0.39 is 17.9 Å². The number of anilines is 2. The van der Waals surface area contributed by atoms with Crippen molar-refractivity contribution in [2.24, 2.45) is 20.5 Å². The van der Waals surface area contributed by atoms with Crippen molar-refractivity contribution in [3.05, 3.63) is 152 Å². The second-order valence-electron chi connectivity index (χ2n) is 18.0. The van der Waals surface area contributed by atoms with Gasteiger partial charge >= 0.3 is 12.9 Å². The number of hydrogen-bond acceptors (Lipinski definition) is 14. The highest BCUT2D eigenvalue weighted by Gasteiger charge is 2.52. The van der Waals surface area contributed by atoms with Crippen LogP contribution in [0.3, 0.4) is 0 Å². The number of hydrogen-bond donors (Lipinski definition) is 0. The van der Waals surface area contributed by atoms with Crippen LogP contribution in [0.25, 0.3) is 6.08 Å². The molecule has 4 aromatic carbocycles. The maximum atomic E-state index is 15.9. The number of nitro groups is 1. The number of allylic oxidation sites excluding steroid dienone is 2. The van der Waals surface area contributed by atoms with Gasteiger partial charge in [0.25, 0.3) is 5.69 Å². The second kappa shape index (κ2) is 20.9. The van der Waals surface area contributed by atoms with Crippen LogP contribution in [-0.2, 0) is 17.9 Å². The number of azo groups is 2. The van der Waals surface area contributed by atoms with Crippen LogP contribution in [0.4, 0.5) is 48.4 Å². The molecular formula is C51H53BF2N12O6. The lowest BCUT2D eigenvalue weighted by Gasteiger charge is -2.30. The first kappa shape index (κ1) is 49.9. The van der Waals surface area contributed by atoms with Gasteiger partial charge in [0.05, 0.1) is 54.7 Å². The van der Waals surface area contributed by atoms with E-state index in [0.717, 1.165) is 31.3 Å². The molecule has 2 aliphatic rings. The minimum absolute atomic E-state index is 0.0119. The Kier molecular flexibility index (Phi) is 14.5. The molecule has 18 nitrogen and oxygen atoms in total. The van der Waals surface area contributed by atoms with Crippen molar-refractivity contribution in [2.75, 3.05) is 30.5 Å². The van der Waals surface area contributed by atoms with Gasteiger partial charge in [0.1, 0.15) is 28.6 Å². The predicted molar refractivity (Wildman–Crippen MR) is 271 cm³/mol. The zero-order valence-corrected chi connectivity index (χ0v) is 41.2. The quantitative estimate of drug-likeness (QED) is 0.0144. The van der Waals surface area contributed by atoms with Gasteiger partial charge in [-0.25, -0.2) is 0 Å². The molecule has 0 unspecified atom stereocenters. The van der Waals surface area contributed by atoms with E-state index in [2.05, 4.69) is 35.7 Å². The van der Waals surface area contributed by atoms with Crippen molar-refractivity contribution >= 4 is 70.8 Å². The number of fused-ring (bicyclic) bond motifs is 2. The third kappa shape index (κ3) is 10.6. The van der Waals surface area contributed by atoms with Crippen LogP contribution in [0.2, 0.25) is 0 Å². The summed E-state index contributed by atoms with van der Waals surface area (Å²) in [6, 6.07) is 22.5. The van der Waals surface area contributed by atoms with Gasteiger partial charge in [-0.05, 0) is 119 Å². The van der Waals surface area contributed by atoms with E-state index in [1.165, 1.54) is 13.2 Å². The van der Waals surface area contributed by atoms with Gasteiger partial charge in [0.2, 0.25) is 0 Å². The third-order valence-corrected chi connectivity index (χ3v) is 12.5. The maximum Gasteiger partial charge on any atom is 0.737 e. The van der Waals surface area contributed by atoms with E-state index in [-0.39, 0.29) is 41.6 Å². The molecule has 0 radical (unpaired) electrons. The van der Waals surface area contributed by atoms with Crippen molar-refractivity contribution in [1.29, 1.82) is 0 Å². The molecule has 0 atom stereocenters. The number of carbonyl (C=O) groups is 2. The molecule has 0 saturated carbocycles. The number of esters is 1. The molecular weight excluding hydrogens is 925 g/mol. The lowest BCUT2D eigenvalue weighted by Crippen LogP contribution is -2.50. The Morgan fingerprint density at radius 2 is 1.64 bits per heavy atom. The summed E-state index contributed by atoms with van der Waals surface area (Å²) in [5.41, 5.74) is 7.91. The Hall–Kier alpha value is -8.49. The number of nitro benzene ring substituents is 1. The summed E-state index contributed by atoms with van der Waals surface area (Å²) in [5, 5.41) is 37.6. The molecule has 0 saturated heterocycles. The summed E-state index contributed by atoms with van der Waals surface area (Å²) in [6.07, 6.45) is 7.30. The van der Waals surface area contributed by atoms with Gasteiger partial charge in [0, 0.05) is 79.6 Å². The fourth-order valence-corrected chi connectivity index (χ4v) is 8.70. The number of benzene rings is 4. The molecule has 0 fully saturated rings. The number of aryl methyl sites for hydroxylation is 4. The van der Waals surface area contributed by atoms with E-state index in [4.69, 9.17) is 9.47 Å². The molecule has 4 heterocycles. The zero-order valence-electron chi connectivity index (χ0n) is 41.2. The van der Waals surface area contributed by atoms with E-state index in [1.807, 2.05) is 70.1 Å². The number of aldehydes is 1. The number of likely N-dealkylation sites (N-methyl/N-ethyl adjacent to an activating group) is 1. The zero-order chi connectivity index (χ0) is 51.4. The molecule has 8 rings (SSSR count). The fraction of sp³-hybridized carbons (Fsp3) is 0.275. The Morgan fingerprint density at radius 3 is 2.36 bits per heavy atom. The second-order valence-corrected chi connectivity index (χ2v) is 18.0. The molecule has 2 aliphatic heterocycles. The number of ether oxygens (including phenoxy) is 2. The van der Waals surface area contributed by atoms with Crippen molar-refractivity contribution in [1.82, 2.24) is 19.5 Å². The van der Waals surface area contributed by atoms with Crippen LogP contribution in [0.1, 0.15) is 70.8 Å². The number of halogens is 2. The maximum absolute atomic E-state index is 15.9. The van der Waals surface area contributed by atoms with Gasteiger partial charge in [-0.3, -0.25) is 24.4 Å². The fourth-order valence-electron chi connectivity index (χ4n) is 8.70. The van der Waals surface area contributed by atoms with Crippen LogP contribution in [0, 0.1) is 37.8 Å². The number of carbonyl (C=O) groups excluding carboxylic acids is 2. The summed E-state index contributed by atoms with van der Waals surface area (Å²) < 4.78 is 47.0. The molecule has 0 N–H and O–H groups in total. The Morgan fingerprint density at radius 1 is 0.903 bits per heavy atom. The highest BCUT2D eigenvalue weighted by molar-refractivity contribution is 6.58. The average Bonchev–Trinajstić information content (AvgIpc) is 4.07. The number of aromatic nitrogens is 4. The van der Waals surface area contributed by atoms with Gasteiger partial charge in [-0.2, -0.15) is 5.11 Å². The summed E-state index contributed by atoms with van der Waals surface area (Å²) in [4.78, 5) is 40.5. The normalized spacial score (nSPS) is 13.7. The standard InChI is InChI=1S/C51H53BF2N12O6/c1-32(2)63(42-13-10-37(31-67)49(27-42)72-51(68)20-18-41-16-17-43-26-47-35(5)24-36(6)64(47)52(53,54)65(41)43)30-39-29-62(60-56-39)22-21-61(7)40-14-11-38(12-15-40)55-59-46-25-34(4)45(28-50(46)71-8)58-57-44-19-9-33(3)23-48(44)66(69)70/h9-17,19,23-29,31-32H,18,20-22,30H2,1-8H3. The molecule has 370 valence electrons. The topological polar surface area (TPSA) is 190 Å². The largest absolute Gasteiger partial charge is 0.737 e. The monoisotopic (exact) mass is 978 g/mol. The van der Waals surface area contributed by atoms with Crippen molar-refractivity contribution in [2.45, 2.75) is 73.5 Å². The van der Waals surface area contributed by atoms with E-state index >= 15 is 8.63 Å². The van der Waals surface area contributed by atoms with E-state index in [1.54, 1.807) is 85.3 Å². The van der Waals surface area contributed by atoms with Crippen LogP contribution in [-0.4, -0.2) is 80.6 Å². The Labute approximate surface area is 414 Å². The highest BCUT2D eigenvalue weighted by atomic mass is 19.2. The first-order valence-electron chi connectivity index (χ1n) is 23.2. The van der Waals surface area contributed by atoms with Crippen molar-refractivity contribution in [3.8, 4) is 11.5 Å². The van der Waals surface area contributed by atoms with Gasteiger partial charge in [-0.1, -0.05) is 11.3 Å². The van der Waals surface area contributed by atoms with Crippen molar-refractivity contribution < 1.29 is 37.1 Å². The molecule has 72 heavy (non-hydrogen) atoms. The van der Waals surface area contributed by atoms with Crippen LogP contribution in [0.5, 0.6) is 11.5 Å². The molecule has 0 spiro atoms. The van der Waals surface area contributed by atoms with E-state index in [9.17, 15) is 19.7 Å². The summed E-state index contributed by atoms with van der Waals surface area (Å²) in [7, 11) is 3.47. The first-order valence-corrected chi connectivity index (χ1v) is 23.2. The average molecular weight is 979 g/mol. The van der Waals surface area contributed by atoms with Crippen LogP contribution in [0.15, 0.2) is 123 Å². The summed E-state index contributed by atoms with van der Waals surface area (Å²) in [6.45, 7) is 8.42. The molecule has 6 aromatic rings. The van der Waals surface area contributed by atoms with Crippen LogP contribution < -0.4 is 19.3 Å². The lowest BCUT2D eigenvalue weighted by atomic mass is 9.90. The number of methoxy groups -OCH3 is 1. The highest BCUT2D eigenvalue weighted by Crippen LogP contribution is 2.39. The minimum atomic E-state index is -4.17. The number of rotatable bonds is 19. The minimum Gasteiger partial charge on any atom is -0.494 e. The van der Waals surface area contributed by atoms with Crippen molar-refractivity contribution in [3.63, 3.8) is 0 Å². The SMILES string of the molecule is COc1cc(N=Nc2ccc(C)cc2[N+](=O)[O-])c(C)cc1N=Nc1ccc(N(C)CCn2cc(CN(c3ccc(C=O)c(OC(=O)CCC4=[N+]5C(=Cc6c(C)cc(C)n6[B-]5(F)F)C=C4)c3)C(C)C)nn2)cc1. The molecule has 0 aliphatic carbocycles. The smallest absolute Gasteiger partial charge is 0.494 e. The van der Waals surface area contributed by atoms with Gasteiger partial charge < -0.3 is 36.9 Å². The number of nitrogens with zero attached hydrogens (tertiary/aromatic N) is 12. The van der Waals surface area contributed by atoms with Gasteiger partial charge in [-0.15, -0.1) is 20.4 Å².